The van der Waals surface area contributed by atoms with Crippen molar-refractivity contribution in [1.82, 2.24) is 9.88 Å². The van der Waals surface area contributed by atoms with E-state index < -0.39 is 0 Å². The summed E-state index contributed by atoms with van der Waals surface area (Å²) >= 11 is 1.45. The van der Waals surface area contributed by atoms with Crippen LogP contribution in [-0.2, 0) is 9.59 Å². The van der Waals surface area contributed by atoms with Crippen molar-refractivity contribution < 1.29 is 9.59 Å². The summed E-state index contributed by atoms with van der Waals surface area (Å²) in [5, 5.41) is 5.58. The summed E-state index contributed by atoms with van der Waals surface area (Å²) in [7, 11) is 0. The second kappa shape index (κ2) is 8.21. The van der Waals surface area contributed by atoms with Crippen LogP contribution in [0.4, 0.5) is 5.13 Å². The average molecular weight is 386 g/mol. The lowest BCUT2D eigenvalue weighted by Crippen LogP contribution is -2.43. The van der Waals surface area contributed by atoms with Gasteiger partial charge >= 0.3 is 0 Å². The Morgan fingerprint density at radius 2 is 1.93 bits per heavy atom. The number of thiazole rings is 1. The van der Waals surface area contributed by atoms with E-state index in [1.54, 1.807) is 0 Å². The number of carbonyl (C=O) groups excluding carboxylic acids is 2. The molecule has 6 heteroatoms. The molecule has 5 nitrogen and oxygen atoms in total. The monoisotopic (exact) mass is 385 g/mol. The number of rotatable bonds is 4. The Hall–Kier alpha value is -2.21. The first-order valence-corrected chi connectivity index (χ1v) is 10.4. The third-order valence-electron chi connectivity index (χ3n) is 5.06. The molecular formula is C21H27N3O2S. The second-order valence-electron chi connectivity index (χ2n) is 7.60. The molecule has 0 bridgehead atoms. The van der Waals surface area contributed by atoms with Gasteiger partial charge in [0.1, 0.15) is 0 Å². The number of amides is 2. The number of anilines is 1. The highest BCUT2D eigenvalue weighted by Gasteiger charge is 2.28. The van der Waals surface area contributed by atoms with Gasteiger partial charge in [0.2, 0.25) is 11.8 Å². The number of piperidine rings is 1. The van der Waals surface area contributed by atoms with Crippen molar-refractivity contribution in [3.8, 4) is 11.3 Å². The van der Waals surface area contributed by atoms with Gasteiger partial charge in [-0.1, -0.05) is 37.6 Å². The first-order valence-electron chi connectivity index (χ1n) is 9.48. The smallest absolute Gasteiger partial charge is 0.229 e. The third-order valence-corrected chi connectivity index (χ3v) is 5.82. The zero-order valence-corrected chi connectivity index (χ0v) is 17.2. The fraction of sp³-hybridized carbons (Fsp3) is 0.476. The number of nitrogens with one attached hydrogen (secondary N) is 1. The summed E-state index contributed by atoms with van der Waals surface area (Å²) in [6.45, 7) is 9.28. The van der Waals surface area contributed by atoms with Crippen LogP contribution in [0.5, 0.6) is 0 Å². The van der Waals surface area contributed by atoms with Crippen LogP contribution in [0.1, 0.15) is 37.8 Å². The zero-order valence-electron chi connectivity index (χ0n) is 16.4. The van der Waals surface area contributed by atoms with Crippen LogP contribution in [0.3, 0.4) is 0 Å². The van der Waals surface area contributed by atoms with Gasteiger partial charge < -0.3 is 10.2 Å². The number of hydrogen-bond donors (Lipinski definition) is 1. The summed E-state index contributed by atoms with van der Waals surface area (Å²) in [6, 6.07) is 6.29. The molecule has 1 aliphatic heterocycles. The molecule has 27 heavy (non-hydrogen) atoms. The Morgan fingerprint density at radius 3 is 2.56 bits per heavy atom. The van der Waals surface area contributed by atoms with E-state index in [-0.39, 0.29) is 23.7 Å². The number of likely N-dealkylation sites (tertiary alicyclic amines) is 1. The minimum absolute atomic E-state index is 0.00757. The topological polar surface area (TPSA) is 62.3 Å². The van der Waals surface area contributed by atoms with Gasteiger partial charge in [0.15, 0.2) is 5.13 Å². The predicted octanol–water partition coefficient (Wildman–Crippen LogP) is 4.26. The third kappa shape index (κ3) is 4.56. The lowest BCUT2D eigenvalue weighted by atomic mass is 9.95. The van der Waals surface area contributed by atoms with Gasteiger partial charge in [-0.3, -0.25) is 9.59 Å². The molecule has 0 saturated carbocycles. The fourth-order valence-corrected chi connectivity index (χ4v) is 4.20. The fourth-order valence-electron chi connectivity index (χ4n) is 3.49. The highest BCUT2D eigenvalue weighted by Crippen LogP contribution is 2.29. The number of carbonyl (C=O) groups is 2. The van der Waals surface area contributed by atoms with Crippen molar-refractivity contribution in [3.63, 3.8) is 0 Å². The molecule has 2 aromatic rings. The number of nitrogens with zero attached hydrogens (tertiary/aromatic N) is 2. The largest absolute Gasteiger partial charge is 0.342 e. The van der Waals surface area contributed by atoms with Gasteiger partial charge in [0, 0.05) is 35.9 Å². The second-order valence-corrected chi connectivity index (χ2v) is 8.46. The lowest BCUT2D eigenvalue weighted by molar-refractivity contribution is -0.137. The minimum Gasteiger partial charge on any atom is -0.342 e. The van der Waals surface area contributed by atoms with Crippen LogP contribution in [0, 0.1) is 25.7 Å². The SMILES string of the molecule is Cc1ccc(-c2csc(NC(=O)C3CCN(C(=O)C(C)C)CC3)n2)c(C)c1. The van der Waals surface area contributed by atoms with Crippen LogP contribution in [0.15, 0.2) is 23.6 Å². The maximum absolute atomic E-state index is 12.6. The van der Waals surface area contributed by atoms with Crippen LogP contribution < -0.4 is 5.32 Å². The molecule has 2 amide bonds. The van der Waals surface area contributed by atoms with Crippen molar-refractivity contribution in [2.24, 2.45) is 11.8 Å². The molecule has 0 unspecified atom stereocenters. The predicted molar refractivity (Wildman–Crippen MR) is 110 cm³/mol. The van der Waals surface area contributed by atoms with E-state index in [1.165, 1.54) is 22.5 Å². The molecule has 1 N–H and O–H groups in total. The normalized spacial score (nSPS) is 15.2. The van der Waals surface area contributed by atoms with Gasteiger partial charge in [-0.2, -0.15) is 0 Å². The highest BCUT2D eigenvalue weighted by molar-refractivity contribution is 7.14. The van der Waals surface area contributed by atoms with Gasteiger partial charge in [-0.25, -0.2) is 4.98 Å². The summed E-state index contributed by atoms with van der Waals surface area (Å²) in [5.74, 6) is 0.129. The number of aromatic nitrogens is 1. The number of aryl methyl sites for hydroxylation is 2. The molecule has 3 rings (SSSR count). The molecule has 1 aromatic carbocycles. The van der Waals surface area contributed by atoms with Crippen LogP contribution in [0.2, 0.25) is 0 Å². The average Bonchev–Trinajstić information content (AvgIpc) is 3.09. The summed E-state index contributed by atoms with van der Waals surface area (Å²) in [6.07, 6.45) is 1.42. The van der Waals surface area contributed by atoms with Crippen LogP contribution in [0.25, 0.3) is 11.3 Å². The Balaban J connectivity index is 1.59. The van der Waals surface area contributed by atoms with Crippen molar-refractivity contribution in [2.45, 2.75) is 40.5 Å². The van der Waals surface area contributed by atoms with Crippen molar-refractivity contribution in [2.75, 3.05) is 18.4 Å². The molecule has 0 spiro atoms. The Labute approximate surface area is 164 Å². The van der Waals surface area contributed by atoms with E-state index in [1.807, 2.05) is 24.1 Å². The van der Waals surface area contributed by atoms with Gasteiger partial charge in [0.05, 0.1) is 5.69 Å². The first-order chi connectivity index (χ1) is 12.8. The standard InChI is InChI=1S/C21H27N3O2S/c1-13(2)20(26)24-9-7-16(8-10-24)19(25)23-21-22-18(12-27-21)17-6-5-14(3)11-15(17)4/h5-6,11-13,16H,7-10H2,1-4H3,(H,22,23,25). The van der Waals surface area contributed by atoms with E-state index in [2.05, 4.69) is 42.3 Å². The maximum Gasteiger partial charge on any atom is 0.229 e. The highest BCUT2D eigenvalue weighted by atomic mass is 32.1. The molecular weight excluding hydrogens is 358 g/mol. The van der Waals surface area contributed by atoms with E-state index >= 15 is 0 Å². The van der Waals surface area contributed by atoms with Crippen LogP contribution >= 0.6 is 11.3 Å². The van der Waals surface area contributed by atoms with Crippen LogP contribution in [-0.4, -0.2) is 34.8 Å². The molecule has 1 aliphatic rings. The maximum atomic E-state index is 12.6. The molecule has 0 radical (unpaired) electrons. The van der Waals surface area contributed by atoms with Gasteiger partial charge in [-0.15, -0.1) is 11.3 Å². The Kier molecular flexibility index (Phi) is 5.95. The van der Waals surface area contributed by atoms with Gasteiger partial charge in [0.25, 0.3) is 0 Å². The molecule has 2 heterocycles. The summed E-state index contributed by atoms with van der Waals surface area (Å²) in [4.78, 5) is 31.1. The first kappa shape index (κ1) is 19.5. The molecule has 1 fully saturated rings. The summed E-state index contributed by atoms with van der Waals surface area (Å²) in [5.41, 5.74) is 4.39. The van der Waals surface area contributed by atoms with E-state index in [4.69, 9.17) is 0 Å². The molecule has 0 aliphatic carbocycles. The Bertz CT molecular complexity index is 836. The summed E-state index contributed by atoms with van der Waals surface area (Å²) < 4.78 is 0. The van der Waals surface area contributed by atoms with E-state index in [9.17, 15) is 9.59 Å². The zero-order chi connectivity index (χ0) is 19.6. The number of hydrogen-bond acceptors (Lipinski definition) is 4. The molecule has 1 saturated heterocycles. The molecule has 1 aromatic heterocycles. The van der Waals surface area contributed by atoms with E-state index in [0.717, 1.165) is 11.3 Å². The lowest BCUT2D eigenvalue weighted by Gasteiger charge is -2.32. The van der Waals surface area contributed by atoms with Gasteiger partial charge in [-0.05, 0) is 32.3 Å². The van der Waals surface area contributed by atoms with E-state index in [0.29, 0.717) is 31.1 Å². The number of benzene rings is 1. The minimum atomic E-state index is -0.0605. The van der Waals surface area contributed by atoms with Crippen molar-refractivity contribution in [3.05, 3.63) is 34.7 Å². The van der Waals surface area contributed by atoms with Crippen molar-refractivity contribution in [1.29, 1.82) is 0 Å². The molecule has 144 valence electrons. The molecule has 0 atom stereocenters. The quantitative estimate of drug-likeness (QED) is 0.855. The Morgan fingerprint density at radius 1 is 1.22 bits per heavy atom. The van der Waals surface area contributed by atoms with Crippen molar-refractivity contribution >= 4 is 28.3 Å².